The van der Waals surface area contributed by atoms with Crippen LogP contribution in [0.25, 0.3) is 5.69 Å². The third-order valence-corrected chi connectivity index (χ3v) is 2.75. The second-order valence-corrected chi connectivity index (χ2v) is 4.07. The van der Waals surface area contributed by atoms with Gasteiger partial charge in [-0.25, -0.2) is 0 Å². The van der Waals surface area contributed by atoms with Gasteiger partial charge in [0.1, 0.15) is 0 Å². The van der Waals surface area contributed by atoms with Crippen molar-refractivity contribution in [1.82, 2.24) is 9.88 Å². The van der Waals surface area contributed by atoms with E-state index in [0.717, 1.165) is 11.4 Å². The quantitative estimate of drug-likeness (QED) is 0.878. The van der Waals surface area contributed by atoms with Gasteiger partial charge < -0.3 is 9.88 Å². The molecule has 0 saturated heterocycles. The number of hydrogen-bond donors (Lipinski definition) is 1. The van der Waals surface area contributed by atoms with E-state index in [1.807, 2.05) is 73.3 Å². The molecule has 0 radical (unpaired) electrons. The molecule has 1 N–H and O–H groups in total. The molecule has 0 aliphatic heterocycles. The first-order valence-corrected chi connectivity index (χ1v) is 5.88. The summed E-state index contributed by atoms with van der Waals surface area (Å²) in [5, 5.41) is 2.82. The second kappa shape index (κ2) is 5.36. The fraction of sp³-hybridized carbons (Fsp3) is 0.133. The van der Waals surface area contributed by atoms with Crippen LogP contribution in [-0.2, 0) is 0 Å². The van der Waals surface area contributed by atoms with Gasteiger partial charge in [-0.05, 0) is 32.0 Å². The summed E-state index contributed by atoms with van der Waals surface area (Å²) in [6.07, 6.45) is 5.58. The third kappa shape index (κ3) is 2.69. The van der Waals surface area contributed by atoms with Gasteiger partial charge in [-0.3, -0.25) is 4.79 Å². The summed E-state index contributed by atoms with van der Waals surface area (Å²) in [6, 6.07) is 11.7. The predicted molar refractivity (Wildman–Crippen MR) is 72.7 cm³/mol. The average molecular weight is 240 g/mol. The van der Waals surface area contributed by atoms with Crippen LogP contribution in [0.5, 0.6) is 0 Å². The van der Waals surface area contributed by atoms with Gasteiger partial charge in [0.25, 0.3) is 5.91 Å². The summed E-state index contributed by atoms with van der Waals surface area (Å²) < 4.78 is 1.93. The first kappa shape index (κ1) is 12.2. The number of benzene rings is 1. The number of nitrogens with zero attached hydrogens (tertiary/aromatic N) is 1. The lowest BCUT2D eigenvalue weighted by atomic mass is 10.3. The molecule has 0 saturated carbocycles. The highest BCUT2D eigenvalue weighted by atomic mass is 16.1. The Morgan fingerprint density at radius 1 is 1.22 bits per heavy atom. The minimum atomic E-state index is -0.0831. The summed E-state index contributed by atoms with van der Waals surface area (Å²) in [5.41, 5.74) is 2.55. The molecule has 0 fully saturated rings. The molecule has 92 valence electrons. The number of rotatable bonds is 3. The zero-order chi connectivity index (χ0) is 13.0. The molecule has 1 amide bonds. The molecule has 2 aromatic rings. The van der Waals surface area contributed by atoms with E-state index in [-0.39, 0.29) is 5.91 Å². The Morgan fingerprint density at radius 2 is 1.94 bits per heavy atom. The van der Waals surface area contributed by atoms with E-state index in [0.29, 0.717) is 5.56 Å². The minimum absolute atomic E-state index is 0.0831. The molecule has 1 aromatic heterocycles. The highest BCUT2D eigenvalue weighted by molar-refractivity contribution is 5.95. The van der Waals surface area contributed by atoms with Crippen molar-refractivity contribution in [3.63, 3.8) is 0 Å². The van der Waals surface area contributed by atoms with Gasteiger partial charge >= 0.3 is 0 Å². The number of allylic oxidation sites excluding steroid dienone is 2. The monoisotopic (exact) mass is 240 g/mol. The zero-order valence-corrected chi connectivity index (χ0v) is 10.6. The Morgan fingerprint density at radius 3 is 2.61 bits per heavy atom. The Bertz CT molecular complexity index is 567. The van der Waals surface area contributed by atoms with Crippen molar-refractivity contribution in [1.29, 1.82) is 0 Å². The maximum absolute atomic E-state index is 11.9. The lowest BCUT2D eigenvalue weighted by Crippen LogP contribution is -2.20. The maximum Gasteiger partial charge on any atom is 0.256 e. The molecular weight excluding hydrogens is 224 g/mol. The van der Waals surface area contributed by atoms with Crippen molar-refractivity contribution < 1.29 is 4.79 Å². The van der Waals surface area contributed by atoms with Crippen LogP contribution >= 0.6 is 0 Å². The molecule has 2 rings (SSSR count). The standard InChI is InChI=1S/C15H16N2O/c1-3-12(2)16-15(18)13-9-10-17(11-13)14-7-5-4-6-8-14/h3-11H,1-2H3,(H,16,18)/b12-3+. The molecule has 0 atom stereocenters. The fourth-order valence-electron chi connectivity index (χ4n) is 1.61. The van der Waals surface area contributed by atoms with E-state index in [9.17, 15) is 4.79 Å². The van der Waals surface area contributed by atoms with Gasteiger partial charge in [0, 0.05) is 23.8 Å². The minimum Gasteiger partial charge on any atom is -0.326 e. The van der Waals surface area contributed by atoms with E-state index in [2.05, 4.69) is 5.32 Å². The highest BCUT2D eigenvalue weighted by Gasteiger charge is 2.07. The summed E-state index contributed by atoms with van der Waals surface area (Å²) in [5.74, 6) is -0.0831. The van der Waals surface area contributed by atoms with Crippen molar-refractivity contribution in [2.75, 3.05) is 0 Å². The van der Waals surface area contributed by atoms with Crippen LogP contribution in [0.3, 0.4) is 0 Å². The van der Waals surface area contributed by atoms with Crippen LogP contribution in [0.1, 0.15) is 24.2 Å². The molecule has 0 aliphatic carbocycles. The lowest BCUT2D eigenvalue weighted by Gasteiger charge is -2.03. The van der Waals surface area contributed by atoms with Gasteiger partial charge in [0.2, 0.25) is 0 Å². The van der Waals surface area contributed by atoms with Crippen LogP contribution in [0, 0.1) is 0 Å². The predicted octanol–water partition coefficient (Wildman–Crippen LogP) is 3.13. The Kier molecular flexibility index (Phi) is 3.63. The van der Waals surface area contributed by atoms with Crippen LogP contribution in [0.2, 0.25) is 0 Å². The number of carbonyl (C=O) groups excluding carboxylic acids is 1. The van der Waals surface area contributed by atoms with Crippen molar-refractivity contribution in [3.05, 3.63) is 66.1 Å². The number of para-hydroxylation sites is 1. The topological polar surface area (TPSA) is 34.0 Å². The number of aromatic nitrogens is 1. The van der Waals surface area contributed by atoms with Gasteiger partial charge in [-0.1, -0.05) is 24.3 Å². The summed E-state index contributed by atoms with van der Waals surface area (Å²) in [7, 11) is 0. The van der Waals surface area contributed by atoms with E-state index >= 15 is 0 Å². The molecule has 0 aliphatic rings. The van der Waals surface area contributed by atoms with Crippen molar-refractivity contribution in [3.8, 4) is 5.69 Å². The Labute approximate surface area is 107 Å². The molecule has 0 bridgehead atoms. The molecule has 3 nitrogen and oxygen atoms in total. The zero-order valence-electron chi connectivity index (χ0n) is 10.6. The van der Waals surface area contributed by atoms with E-state index in [4.69, 9.17) is 0 Å². The van der Waals surface area contributed by atoms with Gasteiger partial charge in [-0.2, -0.15) is 0 Å². The molecule has 18 heavy (non-hydrogen) atoms. The van der Waals surface area contributed by atoms with Crippen molar-refractivity contribution in [2.45, 2.75) is 13.8 Å². The lowest BCUT2D eigenvalue weighted by molar-refractivity contribution is 0.0966. The second-order valence-electron chi connectivity index (χ2n) is 4.07. The summed E-state index contributed by atoms with van der Waals surface area (Å²) in [4.78, 5) is 11.9. The van der Waals surface area contributed by atoms with Crippen molar-refractivity contribution in [2.24, 2.45) is 0 Å². The SMILES string of the molecule is C/C=C(\C)NC(=O)c1ccn(-c2ccccc2)c1. The van der Waals surface area contributed by atoms with Crippen LogP contribution in [0.15, 0.2) is 60.6 Å². The highest BCUT2D eigenvalue weighted by Crippen LogP contribution is 2.10. The Balaban J connectivity index is 2.19. The van der Waals surface area contributed by atoms with E-state index < -0.39 is 0 Å². The smallest absolute Gasteiger partial charge is 0.256 e. The third-order valence-electron chi connectivity index (χ3n) is 2.75. The first-order chi connectivity index (χ1) is 8.70. The molecule has 3 heteroatoms. The summed E-state index contributed by atoms with van der Waals surface area (Å²) in [6.45, 7) is 3.76. The Hall–Kier alpha value is -2.29. The molecule has 0 unspecified atom stereocenters. The van der Waals surface area contributed by atoms with Crippen LogP contribution in [-0.4, -0.2) is 10.5 Å². The molecule has 1 heterocycles. The van der Waals surface area contributed by atoms with Crippen molar-refractivity contribution >= 4 is 5.91 Å². The largest absolute Gasteiger partial charge is 0.326 e. The van der Waals surface area contributed by atoms with Gasteiger partial charge in [-0.15, -0.1) is 0 Å². The maximum atomic E-state index is 11.9. The van der Waals surface area contributed by atoms with Gasteiger partial charge in [0.15, 0.2) is 0 Å². The molecule has 1 aromatic carbocycles. The number of carbonyl (C=O) groups is 1. The van der Waals surface area contributed by atoms with E-state index in [1.165, 1.54) is 0 Å². The first-order valence-electron chi connectivity index (χ1n) is 5.88. The average Bonchev–Trinajstić information content (AvgIpc) is 2.89. The number of nitrogens with one attached hydrogen (secondary N) is 1. The number of amides is 1. The fourth-order valence-corrected chi connectivity index (χ4v) is 1.61. The number of hydrogen-bond acceptors (Lipinski definition) is 1. The van der Waals surface area contributed by atoms with Gasteiger partial charge in [0.05, 0.1) is 5.56 Å². The summed E-state index contributed by atoms with van der Waals surface area (Å²) >= 11 is 0. The van der Waals surface area contributed by atoms with Crippen LogP contribution < -0.4 is 5.32 Å². The normalized spacial score (nSPS) is 11.3. The van der Waals surface area contributed by atoms with Crippen LogP contribution in [0.4, 0.5) is 0 Å². The molecular formula is C15H16N2O. The molecule has 0 spiro atoms. The van der Waals surface area contributed by atoms with E-state index in [1.54, 1.807) is 0 Å².